The van der Waals surface area contributed by atoms with Crippen LogP contribution < -0.4 is 0 Å². The van der Waals surface area contributed by atoms with Gasteiger partial charge in [-0.2, -0.15) is 0 Å². The summed E-state index contributed by atoms with van der Waals surface area (Å²) in [4.78, 5) is 35.2. The van der Waals surface area contributed by atoms with Crippen LogP contribution in [0.2, 0.25) is 0 Å². The highest BCUT2D eigenvalue weighted by Gasteiger charge is 2.27. The van der Waals surface area contributed by atoms with Crippen LogP contribution in [0.25, 0.3) is 0 Å². The third-order valence-electron chi connectivity index (χ3n) is 8.47. The first-order chi connectivity index (χ1) is 26.5. The van der Waals surface area contributed by atoms with Crippen molar-refractivity contribution in [2.75, 3.05) is 47.5 Å². The van der Waals surface area contributed by atoms with Crippen molar-refractivity contribution in [3.05, 3.63) is 72.9 Å². The van der Waals surface area contributed by atoms with Crippen LogP contribution in [-0.4, -0.2) is 74.9 Å². The molecule has 1 N–H and O–H groups in total. The second kappa shape index (κ2) is 37.1. The first kappa shape index (κ1) is 52.5. The maximum atomic E-state index is 12.6. The lowest BCUT2D eigenvalue weighted by molar-refractivity contribution is -0.870. The molecular formula is C45H79NO8P+. The number of rotatable bonds is 37. The van der Waals surface area contributed by atoms with E-state index in [1.165, 1.54) is 44.9 Å². The summed E-state index contributed by atoms with van der Waals surface area (Å²) >= 11 is 0. The van der Waals surface area contributed by atoms with Crippen LogP contribution in [0.1, 0.15) is 149 Å². The predicted molar refractivity (Wildman–Crippen MR) is 229 cm³/mol. The molecular weight excluding hydrogens is 713 g/mol. The fourth-order valence-corrected chi connectivity index (χ4v) is 5.85. The number of likely N-dealkylation sites (N-methyl/N-ethyl adjacent to an activating group) is 1. The maximum absolute atomic E-state index is 12.6. The van der Waals surface area contributed by atoms with E-state index >= 15 is 0 Å². The summed E-state index contributed by atoms with van der Waals surface area (Å²) in [6, 6.07) is 0. The quantitative estimate of drug-likeness (QED) is 0.0218. The third kappa shape index (κ3) is 40.9. The molecule has 0 aromatic heterocycles. The molecule has 0 fully saturated rings. The van der Waals surface area contributed by atoms with Crippen LogP contribution in [0.15, 0.2) is 72.9 Å². The van der Waals surface area contributed by atoms with Crippen molar-refractivity contribution in [2.45, 2.75) is 155 Å². The standard InChI is InChI=1S/C45H78NO8P/c1-6-8-10-12-14-16-18-20-21-22-23-24-25-26-28-29-31-33-35-37-44(47)51-41-43(42-53-55(49,50)52-40-39-46(3,4)5)54-45(48)38-36-34-32-30-27-19-17-15-13-11-9-7-2/h14-17,20-21,23-24,26,28,31,33,43H,6-13,18-19,22,25,27,29-30,32,34-42H2,1-5H3/p+1/b16-14+,17-15+,21-20+,24-23+,28-26+,33-31+/t43-/m0/s1. The summed E-state index contributed by atoms with van der Waals surface area (Å²) in [6.45, 7) is 4.25. The van der Waals surface area contributed by atoms with Crippen molar-refractivity contribution in [3.63, 3.8) is 0 Å². The molecule has 10 heteroatoms. The fraction of sp³-hybridized carbons (Fsp3) is 0.689. The highest BCUT2D eigenvalue weighted by molar-refractivity contribution is 7.47. The minimum Gasteiger partial charge on any atom is -0.462 e. The molecule has 0 aromatic rings. The number of phosphoric ester groups is 1. The molecule has 1 unspecified atom stereocenters. The van der Waals surface area contributed by atoms with Crippen molar-refractivity contribution in [3.8, 4) is 0 Å². The molecule has 0 radical (unpaired) electrons. The van der Waals surface area contributed by atoms with Gasteiger partial charge in [0.1, 0.15) is 19.8 Å². The first-order valence-electron chi connectivity index (χ1n) is 21.2. The highest BCUT2D eigenvalue weighted by Crippen LogP contribution is 2.43. The van der Waals surface area contributed by atoms with Crippen LogP contribution >= 0.6 is 7.82 Å². The third-order valence-corrected chi connectivity index (χ3v) is 9.46. The van der Waals surface area contributed by atoms with Gasteiger partial charge in [-0.3, -0.25) is 18.6 Å². The average molecular weight is 793 g/mol. The number of carbonyl (C=O) groups is 2. The number of phosphoric acid groups is 1. The van der Waals surface area contributed by atoms with E-state index in [1.54, 1.807) is 0 Å². The van der Waals surface area contributed by atoms with Gasteiger partial charge in [-0.25, -0.2) is 4.57 Å². The van der Waals surface area contributed by atoms with E-state index in [-0.39, 0.29) is 26.1 Å². The fourth-order valence-electron chi connectivity index (χ4n) is 5.11. The van der Waals surface area contributed by atoms with Crippen LogP contribution in [0.3, 0.4) is 0 Å². The van der Waals surface area contributed by atoms with Gasteiger partial charge in [0, 0.05) is 12.8 Å². The van der Waals surface area contributed by atoms with E-state index in [1.807, 2.05) is 33.3 Å². The smallest absolute Gasteiger partial charge is 0.462 e. The lowest BCUT2D eigenvalue weighted by atomic mass is 10.1. The largest absolute Gasteiger partial charge is 0.472 e. The average Bonchev–Trinajstić information content (AvgIpc) is 3.13. The van der Waals surface area contributed by atoms with Crippen molar-refractivity contribution in [1.82, 2.24) is 0 Å². The van der Waals surface area contributed by atoms with E-state index in [4.69, 9.17) is 18.5 Å². The second-order valence-corrected chi connectivity index (χ2v) is 16.5. The van der Waals surface area contributed by atoms with Crippen LogP contribution in [-0.2, 0) is 32.7 Å². The molecule has 0 aliphatic rings. The molecule has 0 heterocycles. The summed E-state index contributed by atoms with van der Waals surface area (Å²) in [5.74, 6) is -0.913. The number of allylic oxidation sites excluding steroid dienone is 12. The van der Waals surface area contributed by atoms with Gasteiger partial charge in [-0.15, -0.1) is 0 Å². The Kier molecular flexibility index (Phi) is 35.3. The van der Waals surface area contributed by atoms with Crippen LogP contribution in [0.4, 0.5) is 0 Å². The Morgan fingerprint density at radius 2 is 1.02 bits per heavy atom. The van der Waals surface area contributed by atoms with Crippen molar-refractivity contribution in [1.29, 1.82) is 0 Å². The Hall–Kier alpha value is -2.55. The van der Waals surface area contributed by atoms with Gasteiger partial charge in [-0.05, 0) is 77.0 Å². The van der Waals surface area contributed by atoms with Crippen molar-refractivity contribution < 1.29 is 42.1 Å². The van der Waals surface area contributed by atoms with Gasteiger partial charge >= 0.3 is 19.8 Å². The monoisotopic (exact) mass is 793 g/mol. The number of unbranched alkanes of at least 4 members (excludes halogenated alkanes) is 11. The summed E-state index contributed by atoms with van der Waals surface area (Å²) in [6.07, 6.45) is 45.4. The van der Waals surface area contributed by atoms with Gasteiger partial charge in [-0.1, -0.05) is 132 Å². The number of carbonyl (C=O) groups excluding carboxylic acids is 2. The number of hydrogen-bond acceptors (Lipinski definition) is 7. The van der Waals surface area contributed by atoms with E-state index < -0.39 is 32.5 Å². The summed E-state index contributed by atoms with van der Waals surface area (Å²) in [5, 5.41) is 0. The first-order valence-corrected chi connectivity index (χ1v) is 22.7. The lowest BCUT2D eigenvalue weighted by Gasteiger charge is -2.24. The molecule has 0 aromatic carbocycles. The number of hydrogen-bond donors (Lipinski definition) is 1. The Morgan fingerprint density at radius 1 is 0.564 bits per heavy atom. The van der Waals surface area contributed by atoms with E-state index in [2.05, 4.69) is 74.6 Å². The van der Waals surface area contributed by atoms with Crippen LogP contribution in [0.5, 0.6) is 0 Å². The zero-order valence-electron chi connectivity index (χ0n) is 35.4. The van der Waals surface area contributed by atoms with E-state index in [0.717, 1.165) is 64.2 Å². The van der Waals surface area contributed by atoms with Crippen LogP contribution in [0, 0.1) is 0 Å². The molecule has 0 amide bonds. The summed E-state index contributed by atoms with van der Waals surface area (Å²) in [7, 11) is 1.42. The molecule has 0 aliphatic heterocycles. The Balaban J connectivity index is 4.52. The van der Waals surface area contributed by atoms with Crippen molar-refractivity contribution >= 4 is 19.8 Å². The maximum Gasteiger partial charge on any atom is 0.472 e. The molecule has 2 atom stereocenters. The SMILES string of the molecule is CCCCC/C=C/C/C=C/C/C=C/C/C=C/C/C=C/CCC(=O)OC[C@@H](COP(=O)(O)OCC[N+](C)(C)C)OC(=O)CCCCCCC/C=C/CCCCC. The summed E-state index contributed by atoms with van der Waals surface area (Å²) < 4.78 is 34.1. The minimum absolute atomic E-state index is 0.0158. The number of esters is 2. The molecule has 0 bridgehead atoms. The Labute approximate surface area is 336 Å². The number of ether oxygens (including phenoxy) is 2. The topological polar surface area (TPSA) is 108 Å². The zero-order chi connectivity index (χ0) is 40.7. The zero-order valence-corrected chi connectivity index (χ0v) is 36.3. The van der Waals surface area contributed by atoms with Gasteiger partial charge in [0.15, 0.2) is 6.10 Å². The predicted octanol–water partition coefficient (Wildman–Crippen LogP) is 11.9. The number of quaternary nitrogens is 1. The molecule has 0 saturated heterocycles. The molecule has 0 aliphatic carbocycles. The molecule has 55 heavy (non-hydrogen) atoms. The second-order valence-electron chi connectivity index (χ2n) is 15.0. The molecule has 316 valence electrons. The molecule has 0 saturated carbocycles. The Bertz CT molecular complexity index is 1170. The minimum atomic E-state index is -4.39. The van der Waals surface area contributed by atoms with Gasteiger partial charge in [0.25, 0.3) is 0 Å². The number of nitrogens with zero attached hydrogens (tertiary/aromatic N) is 1. The summed E-state index contributed by atoms with van der Waals surface area (Å²) in [5.41, 5.74) is 0. The Morgan fingerprint density at radius 3 is 1.55 bits per heavy atom. The molecule has 9 nitrogen and oxygen atoms in total. The molecule has 0 spiro atoms. The highest BCUT2D eigenvalue weighted by atomic mass is 31.2. The van der Waals surface area contributed by atoms with Crippen molar-refractivity contribution in [2.24, 2.45) is 0 Å². The normalized spacial score (nSPS) is 14.4. The van der Waals surface area contributed by atoms with Gasteiger partial charge in [0.05, 0.1) is 27.7 Å². The lowest BCUT2D eigenvalue weighted by Crippen LogP contribution is -2.37. The van der Waals surface area contributed by atoms with Gasteiger partial charge in [0.2, 0.25) is 0 Å². The van der Waals surface area contributed by atoms with E-state index in [9.17, 15) is 19.0 Å². The van der Waals surface area contributed by atoms with E-state index in [0.29, 0.717) is 23.9 Å². The van der Waals surface area contributed by atoms with Gasteiger partial charge < -0.3 is 18.9 Å². The molecule has 0 rings (SSSR count).